The van der Waals surface area contributed by atoms with Crippen molar-refractivity contribution in [2.24, 2.45) is 5.92 Å². The number of amides is 3. The fourth-order valence-electron chi connectivity index (χ4n) is 6.17. The van der Waals surface area contributed by atoms with E-state index in [0.717, 1.165) is 29.6 Å². The first-order chi connectivity index (χ1) is 27.0. The highest BCUT2D eigenvalue weighted by Crippen LogP contribution is 2.53. The highest BCUT2D eigenvalue weighted by atomic mass is 16.7. The fraction of sp³-hybridized carbons (Fsp3) is 0.390. The van der Waals surface area contributed by atoms with Crippen LogP contribution in [0.4, 0.5) is 0 Å². The summed E-state index contributed by atoms with van der Waals surface area (Å²) in [6.45, 7) is 5.16. The molecular formula is C41H50N6O9. The lowest BCUT2D eigenvalue weighted by Gasteiger charge is -2.31. The number of carbonyl (C=O) groups is 5. The zero-order chi connectivity index (χ0) is 40.7. The minimum Gasteiger partial charge on any atom is -0.494 e. The maximum Gasteiger partial charge on any atom is 0.325 e. The Morgan fingerprint density at radius 1 is 0.946 bits per heavy atom. The molecule has 1 aliphatic rings. The largest absolute Gasteiger partial charge is 0.494 e. The number of pyridine rings is 1. The third kappa shape index (κ3) is 11.0. The van der Waals surface area contributed by atoms with Gasteiger partial charge in [0.05, 0.1) is 39.8 Å². The Hall–Kier alpha value is -6.09. The summed E-state index contributed by atoms with van der Waals surface area (Å²) in [7, 11) is 2.34. The highest BCUT2D eigenvalue weighted by molar-refractivity contribution is 6.00. The van der Waals surface area contributed by atoms with Gasteiger partial charge >= 0.3 is 11.9 Å². The Kier molecular flexibility index (Phi) is 15.7. The Morgan fingerprint density at radius 3 is 2.25 bits per heavy atom. The van der Waals surface area contributed by atoms with Crippen molar-refractivity contribution in [2.45, 2.75) is 58.6 Å². The third-order valence-electron chi connectivity index (χ3n) is 9.24. The summed E-state index contributed by atoms with van der Waals surface area (Å²) in [5, 5.41) is 15.2. The molecular weight excluding hydrogens is 720 g/mol. The summed E-state index contributed by atoms with van der Waals surface area (Å²) in [5.74, 6) is -2.73. The predicted molar refractivity (Wildman–Crippen MR) is 207 cm³/mol. The fourth-order valence-corrected chi connectivity index (χ4v) is 6.17. The van der Waals surface area contributed by atoms with Crippen molar-refractivity contribution in [1.29, 1.82) is 5.41 Å². The summed E-state index contributed by atoms with van der Waals surface area (Å²) < 4.78 is 15.1. The normalized spacial score (nSPS) is 15.9. The lowest BCUT2D eigenvalue weighted by molar-refractivity contribution is -0.144. The molecule has 1 heterocycles. The van der Waals surface area contributed by atoms with Gasteiger partial charge in [0.25, 0.3) is 17.7 Å². The van der Waals surface area contributed by atoms with E-state index in [4.69, 9.17) is 24.5 Å². The first-order valence-electron chi connectivity index (χ1n) is 18.4. The van der Waals surface area contributed by atoms with Crippen LogP contribution < -0.4 is 15.4 Å². The molecule has 2 aromatic carbocycles. The van der Waals surface area contributed by atoms with Gasteiger partial charge in [-0.15, -0.1) is 0 Å². The van der Waals surface area contributed by atoms with Gasteiger partial charge in [0.15, 0.2) is 0 Å². The van der Waals surface area contributed by atoms with Gasteiger partial charge in [0, 0.05) is 16.7 Å². The molecule has 0 radical (unpaired) electrons. The molecule has 1 saturated carbocycles. The topological polar surface area (TPSA) is 190 Å². The van der Waals surface area contributed by atoms with Crippen LogP contribution in [0.2, 0.25) is 0 Å². The van der Waals surface area contributed by atoms with Crippen LogP contribution in [0.25, 0.3) is 11.3 Å². The van der Waals surface area contributed by atoms with E-state index < -0.39 is 42.4 Å². The van der Waals surface area contributed by atoms with E-state index in [1.807, 2.05) is 43.3 Å². The average Bonchev–Trinajstić information content (AvgIpc) is 3.89. The van der Waals surface area contributed by atoms with Crippen LogP contribution in [0, 0.1) is 11.3 Å². The molecule has 298 valence electrons. The number of allylic oxidation sites excluding steroid dienone is 1. The smallest absolute Gasteiger partial charge is 0.325 e. The molecule has 2 atom stereocenters. The van der Waals surface area contributed by atoms with Crippen molar-refractivity contribution in [2.75, 3.05) is 40.6 Å². The Balaban J connectivity index is 1.50. The molecule has 0 aliphatic heterocycles. The van der Waals surface area contributed by atoms with Crippen LogP contribution in [0.15, 0.2) is 78.4 Å². The third-order valence-corrected chi connectivity index (χ3v) is 9.24. The number of unbranched alkanes of at least 4 members (excludes halogenated alkanes) is 2. The first kappa shape index (κ1) is 42.6. The Morgan fingerprint density at radius 2 is 1.64 bits per heavy atom. The average molecular weight is 771 g/mol. The van der Waals surface area contributed by atoms with Crippen molar-refractivity contribution in [1.82, 2.24) is 25.6 Å². The summed E-state index contributed by atoms with van der Waals surface area (Å²) in [6, 6.07) is 19.0. The minimum atomic E-state index is -0.833. The number of rotatable bonds is 21. The molecule has 1 fully saturated rings. The molecule has 56 heavy (non-hydrogen) atoms. The molecule has 0 spiro atoms. The van der Waals surface area contributed by atoms with Gasteiger partial charge in [-0.1, -0.05) is 69.2 Å². The van der Waals surface area contributed by atoms with E-state index in [0.29, 0.717) is 35.4 Å². The van der Waals surface area contributed by atoms with E-state index in [-0.39, 0.29) is 43.0 Å². The van der Waals surface area contributed by atoms with Gasteiger partial charge in [-0.2, -0.15) is 0 Å². The maximum atomic E-state index is 13.8. The SMILES string of the molecule is CCCC/C=C(\C(=O)NCNC(=O)c1cccc(-c2cc(OCC)cc(C(=O)N(CC(=O)OC)CC(=O)OC)c2)n1)[C@]1(N(C=N)OCc2ccccc2)CC1C. The first-order valence-corrected chi connectivity index (χ1v) is 18.4. The monoisotopic (exact) mass is 770 g/mol. The van der Waals surface area contributed by atoms with E-state index in [2.05, 4.69) is 22.5 Å². The zero-order valence-electron chi connectivity index (χ0n) is 32.5. The molecule has 1 aromatic heterocycles. The van der Waals surface area contributed by atoms with Crippen molar-refractivity contribution in [3.63, 3.8) is 0 Å². The van der Waals surface area contributed by atoms with Gasteiger partial charge < -0.3 is 29.7 Å². The van der Waals surface area contributed by atoms with Gasteiger partial charge in [-0.3, -0.25) is 34.2 Å². The van der Waals surface area contributed by atoms with Crippen molar-refractivity contribution in [3.8, 4) is 17.0 Å². The number of ether oxygens (including phenoxy) is 3. The molecule has 1 aliphatic carbocycles. The van der Waals surface area contributed by atoms with Crippen molar-refractivity contribution < 1.29 is 43.0 Å². The molecule has 3 amide bonds. The maximum absolute atomic E-state index is 13.8. The minimum absolute atomic E-state index is 0.0286. The number of hydrogen-bond acceptors (Lipinski definition) is 11. The number of benzene rings is 2. The number of esters is 2. The molecule has 15 nitrogen and oxygen atoms in total. The summed E-state index contributed by atoms with van der Waals surface area (Å²) in [6.07, 6.45) is 6.09. The summed E-state index contributed by atoms with van der Waals surface area (Å²) in [4.78, 5) is 76.5. The van der Waals surface area contributed by atoms with E-state index in [1.54, 1.807) is 25.1 Å². The van der Waals surface area contributed by atoms with E-state index in [1.165, 1.54) is 37.5 Å². The quantitative estimate of drug-likeness (QED) is 0.0260. The van der Waals surface area contributed by atoms with E-state index in [9.17, 15) is 24.0 Å². The number of carbonyl (C=O) groups excluding carboxylic acids is 5. The van der Waals surface area contributed by atoms with Crippen LogP contribution in [0.3, 0.4) is 0 Å². The summed E-state index contributed by atoms with van der Waals surface area (Å²) in [5.41, 5.74) is 1.46. The molecule has 3 N–H and O–H groups in total. The lowest BCUT2D eigenvalue weighted by atomic mass is 9.99. The molecule has 15 heteroatoms. The second-order valence-electron chi connectivity index (χ2n) is 13.1. The van der Waals surface area contributed by atoms with Crippen LogP contribution in [-0.4, -0.2) is 97.1 Å². The van der Waals surface area contributed by atoms with Gasteiger partial charge in [-0.25, -0.2) is 10.0 Å². The summed E-state index contributed by atoms with van der Waals surface area (Å²) >= 11 is 0. The number of hydrogen-bond donors (Lipinski definition) is 3. The number of methoxy groups -OCH3 is 2. The van der Waals surface area contributed by atoms with Gasteiger partial charge in [-0.05, 0) is 61.6 Å². The van der Waals surface area contributed by atoms with E-state index >= 15 is 0 Å². The lowest BCUT2D eigenvalue weighted by Crippen LogP contribution is -2.46. The van der Waals surface area contributed by atoms with Crippen LogP contribution in [0.1, 0.15) is 72.9 Å². The number of hydroxylamine groups is 2. The van der Waals surface area contributed by atoms with Gasteiger partial charge in [0.2, 0.25) is 0 Å². The second-order valence-corrected chi connectivity index (χ2v) is 13.1. The van der Waals surface area contributed by atoms with Crippen LogP contribution in [0.5, 0.6) is 5.75 Å². The molecule has 1 unspecified atom stereocenters. The van der Waals surface area contributed by atoms with Crippen LogP contribution in [-0.2, 0) is 35.3 Å². The molecule has 0 bridgehead atoms. The molecule has 3 aromatic rings. The predicted octanol–water partition coefficient (Wildman–Crippen LogP) is 4.68. The van der Waals surface area contributed by atoms with Crippen molar-refractivity contribution in [3.05, 3.63) is 95.2 Å². The Bertz CT molecular complexity index is 1880. The number of nitrogens with one attached hydrogen (secondary N) is 3. The van der Waals surface area contributed by atoms with Crippen LogP contribution >= 0.6 is 0 Å². The standard InChI is InChI=1S/C41H50N6O9/c1-6-8-10-16-33(41(22-28(41)3)47(26-42)56-25-29-14-11-9-12-15-29)38(50)43-27-44-39(51)35-18-13-17-34(45-35)30-19-31(21-32(20-30)55-7-2)40(52)46(23-36(48)53-4)24-37(49)54-5/h9,11-21,26,28,42H,6-8,10,22-25,27H2,1-5H3,(H,43,50)(H,44,51)/b33-16+,42-26?/t28?,41-/m0/s1. The zero-order valence-corrected chi connectivity index (χ0v) is 32.5. The number of nitrogens with zero attached hydrogens (tertiary/aromatic N) is 3. The molecule has 4 rings (SSSR count). The highest BCUT2D eigenvalue weighted by Gasteiger charge is 2.60. The number of aromatic nitrogens is 1. The van der Waals surface area contributed by atoms with Gasteiger partial charge in [0.1, 0.15) is 36.4 Å². The molecule has 0 saturated heterocycles. The van der Waals surface area contributed by atoms with Crippen molar-refractivity contribution >= 4 is 36.0 Å². The second kappa shape index (κ2) is 20.6. The Labute approximate surface area is 326 Å².